The lowest BCUT2D eigenvalue weighted by atomic mass is 9.99. The molecule has 1 aliphatic rings. The van der Waals surface area contributed by atoms with Crippen molar-refractivity contribution in [1.82, 2.24) is 5.32 Å². The highest BCUT2D eigenvalue weighted by molar-refractivity contribution is 7.12. The first-order valence-electron chi connectivity index (χ1n) is 7.12. The van der Waals surface area contributed by atoms with Crippen molar-refractivity contribution in [3.05, 3.63) is 21.4 Å². The number of hydrogen-bond donors (Lipinski definition) is 1. The third-order valence-electron chi connectivity index (χ3n) is 3.62. The van der Waals surface area contributed by atoms with Gasteiger partial charge in [0.1, 0.15) is 0 Å². The third kappa shape index (κ3) is 3.56. The van der Waals surface area contributed by atoms with Gasteiger partial charge < -0.3 is 10.1 Å². The molecule has 2 heterocycles. The zero-order valence-corrected chi connectivity index (χ0v) is 12.6. The summed E-state index contributed by atoms with van der Waals surface area (Å²) in [5.41, 5.74) is 1.49. The second kappa shape index (κ2) is 6.69. The summed E-state index contributed by atoms with van der Waals surface area (Å²) in [6, 6.07) is 2.82. The molecule has 2 nitrogen and oxygen atoms in total. The number of thiophene rings is 1. The predicted molar refractivity (Wildman–Crippen MR) is 78.4 cm³/mol. The van der Waals surface area contributed by atoms with Crippen LogP contribution in [0.2, 0.25) is 0 Å². The fraction of sp³-hybridized carbons (Fsp3) is 0.733. The monoisotopic (exact) mass is 267 g/mol. The molecular formula is C15H25NOS. The molecular weight excluding hydrogens is 242 g/mol. The highest BCUT2D eigenvalue weighted by Crippen LogP contribution is 2.31. The molecule has 1 saturated heterocycles. The topological polar surface area (TPSA) is 21.3 Å². The maximum absolute atomic E-state index is 5.79. The molecule has 1 aliphatic heterocycles. The Balaban J connectivity index is 2.05. The van der Waals surface area contributed by atoms with Gasteiger partial charge in [0.15, 0.2) is 0 Å². The zero-order valence-electron chi connectivity index (χ0n) is 11.8. The minimum atomic E-state index is 0.457. The summed E-state index contributed by atoms with van der Waals surface area (Å²) >= 11 is 1.91. The summed E-state index contributed by atoms with van der Waals surface area (Å²) < 4.78 is 5.79. The summed E-state index contributed by atoms with van der Waals surface area (Å²) in [4.78, 5) is 2.87. The Bertz CT molecular complexity index is 369. The molecule has 1 fully saturated rings. The van der Waals surface area contributed by atoms with E-state index in [1.165, 1.54) is 34.6 Å². The summed E-state index contributed by atoms with van der Waals surface area (Å²) in [7, 11) is 0. The summed E-state index contributed by atoms with van der Waals surface area (Å²) in [6.45, 7) is 8.70. The molecule has 2 atom stereocenters. The lowest BCUT2D eigenvalue weighted by molar-refractivity contribution is 0.0945. The summed E-state index contributed by atoms with van der Waals surface area (Å²) in [5, 5.41) is 3.69. The van der Waals surface area contributed by atoms with Crippen LogP contribution in [0.15, 0.2) is 6.07 Å². The maximum Gasteiger partial charge on any atom is 0.0594 e. The van der Waals surface area contributed by atoms with Gasteiger partial charge in [-0.25, -0.2) is 0 Å². The van der Waals surface area contributed by atoms with E-state index in [0.29, 0.717) is 12.1 Å². The van der Waals surface area contributed by atoms with Crippen LogP contribution >= 0.6 is 11.3 Å². The molecule has 0 bridgehead atoms. The number of ether oxygens (including phenoxy) is 1. The quantitative estimate of drug-likeness (QED) is 0.842. The summed E-state index contributed by atoms with van der Waals surface area (Å²) in [6.07, 6.45) is 5.22. The Morgan fingerprint density at radius 1 is 1.50 bits per heavy atom. The highest BCUT2D eigenvalue weighted by Gasteiger charge is 2.23. The van der Waals surface area contributed by atoms with Gasteiger partial charge >= 0.3 is 0 Å². The van der Waals surface area contributed by atoms with Crippen molar-refractivity contribution in [1.29, 1.82) is 0 Å². The molecule has 2 rings (SSSR count). The Kier molecular flexibility index (Phi) is 5.22. The molecule has 1 aromatic heterocycles. The molecule has 102 valence electrons. The van der Waals surface area contributed by atoms with Gasteiger partial charge in [-0.05, 0) is 57.7 Å². The molecule has 2 unspecified atom stereocenters. The van der Waals surface area contributed by atoms with E-state index in [0.717, 1.165) is 19.6 Å². The number of nitrogens with one attached hydrogen (secondary N) is 1. The molecule has 0 radical (unpaired) electrons. The minimum Gasteiger partial charge on any atom is -0.378 e. The molecule has 0 aromatic carbocycles. The van der Waals surface area contributed by atoms with E-state index < -0.39 is 0 Å². The van der Waals surface area contributed by atoms with Gasteiger partial charge in [0.2, 0.25) is 0 Å². The van der Waals surface area contributed by atoms with Crippen molar-refractivity contribution in [2.45, 2.75) is 58.6 Å². The van der Waals surface area contributed by atoms with E-state index in [1.54, 1.807) is 0 Å². The van der Waals surface area contributed by atoms with Crippen molar-refractivity contribution in [2.75, 3.05) is 13.2 Å². The number of rotatable bonds is 6. The lowest BCUT2D eigenvalue weighted by Gasteiger charge is -2.22. The predicted octanol–water partition coefficient (Wildman–Crippen LogP) is 3.97. The molecule has 1 N–H and O–H groups in total. The van der Waals surface area contributed by atoms with Gasteiger partial charge in [-0.1, -0.05) is 6.92 Å². The smallest absolute Gasteiger partial charge is 0.0594 e. The first kappa shape index (κ1) is 14.0. The van der Waals surface area contributed by atoms with Crippen molar-refractivity contribution in [2.24, 2.45) is 0 Å². The molecule has 0 aliphatic carbocycles. The Morgan fingerprint density at radius 2 is 2.33 bits per heavy atom. The van der Waals surface area contributed by atoms with E-state index >= 15 is 0 Å². The van der Waals surface area contributed by atoms with Crippen LogP contribution in [0, 0.1) is 13.8 Å². The maximum atomic E-state index is 5.79. The standard InChI is InChI=1S/C15H25NOS/c1-4-7-16-15(10-13-6-5-8-17-13)14-9-11(2)18-12(14)3/h9,13,15-16H,4-8,10H2,1-3H3. The van der Waals surface area contributed by atoms with Gasteiger partial charge in [0.25, 0.3) is 0 Å². The summed E-state index contributed by atoms with van der Waals surface area (Å²) in [5.74, 6) is 0. The fourth-order valence-electron chi connectivity index (χ4n) is 2.73. The van der Waals surface area contributed by atoms with Crippen LogP contribution in [0.5, 0.6) is 0 Å². The van der Waals surface area contributed by atoms with E-state index in [-0.39, 0.29) is 0 Å². The second-order valence-electron chi connectivity index (χ2n) is 5.25. The van der Waals surface area contributed by atoms with Crippen LogP contribution in [0.1, 0.15) is 54.0 Å². The van der Waals surface area contributed by atoms with Crippen LogP contribution < -0.4 is 5.32 Å². The van der Waals surface area contributed by atoms with E-state index in [9.17, 15) is 0 Å². The van der Waals surface area contributed by atoms with Crippen LogP contribution in [-0.4, -0.2) is 19.3 Å². The van der Waals surface area contributed by atoms with E-state index in [4.69, 9.17) is 4.74 Å². The van der Waals surface area contributed by atoms with Crippen molar-refractivity contribution in [3.8, 4) is 0 Å². The molecule has 1 aromatic rings. The average Bonchev–Trinajstić information content (AvgIpc) is 2.94. The zero-order chi connectivity index (χ0) is 13.0. The normalized spacial score (nSPS) is 21.4. The van der Waals surface area contributed by atoms with Gasteiger partial charge in [-0.2, -0.15) is 0 Å². The largest absolute Gasteiger partial charge is 0.378 e. The highest BCUT2D eigenvalue weighted by atomic mass is 32.1. The van der Waals surface area contributed by atoms with Gasteiger partial charge in [0, 0.05) is 22.4 Å². The molecule has 3 heteroatoms. The lowest BCUT2D eigenvalue weighted by Crippen LogP contribution is -2.26. The third-order valence-corrected chi connectivity index (χ3v) is 4.60. The molecule has 0 spiro atoms. The average molecular weight is 267 g/mol. The van der Waals surface area contributed by atoms with Gasteiger partial charge in [0.05, 0.1) is 6.10 Å². The second-order valence-corrected chi connectivity index (χ2v) is 6.71. The number of aryl methyl sites for hydroxylation is 2. The Labute approximate surface area is 115 Å². The first-order valence-corrected chi connectivity index (χ1v) is 7.94. The van der Waals surface area contributed by atoms with Gasteiger partial charge in [-0.3, -0.25) is 0 Å². The minimum absolute atomic E-state index is 0.457. The molecule has 0 saturated carbocycles. The van der Waals surface area contributed by atoms with Crippen molar-refractivity contribution < 1.29 is 4.74 Å². The Morgan fingerprint density at radius 3 is 2.89 bits per heavy atom. The molecule has 0 amide bonds. The van der Waals surface area contributed by atoms with E-state index in [2.05, 4.69) is 32.2 Å². The van der Waals surface area contributed by atoms with Crippen LogP contribution in [-0.2, 0) is 4.74 Å². The SMILES string of the molecule is CCCNC(CC1CCCO1)c1cc(C)sc1C. The molecule has 18 heavy (non-hydrogen) atoms. The van der Waals surface area contributed by atoms with E-state index in [1.807, 2.05) is 11.3 Å². The van der Waals surface area contributed by atoms with Crippen LogP contribution in [0.4, 0.5) is 0 Å². The number of hydrogen-bond acceptors (Lipinski definition) is 3. The fourth-order valence-corrected chi connectivity index (χ4v) is 3.72. The van der Waals surface area contributed by atoms with Crippen molar-refractivity contribution >= 4 is 11.3 Å². The van der Waals surface area contributed by atoms with Crippen LogP contribution in [0.3, 0.4) is 0 Å². The van der Waals surface area contributed by atoms with Crippen molar-refractivity contribution in [3.63, 3.8) is 0 Å². The first-order chi connectivity index (χ1) is 8.70. The Hall–Kier alpha value is -0.380. The van der Waals surface area contributed by atoms with Crippen LogP contribution in [0.25, 0.3) is 0 Å². The van der Waals surface area contributed by atoms with Gasteiger partial charge in [-0.15, -0.1) is 11.3 Å².